The highest BCUT2D eigenvalue weighted by molar-refractivity contribution is 6.02. The number of rotatable bonds is 7. The zero-order valence-electron chi connectivity index (χ0n) is 18.2. The summed E-state index contributed by atoms with van der Waals surface area (Å²) >= 11 is 0. The van der Waals surface area contributed by atoms with Crippen LogP contribution in [-0.4, -0.2) is 42.6 Å². The Labute approximate surface area is 190 Å². The topological polar surface area (TPSA) is 122 Å². The van der Waals surface area contributed by atoms with Crippen LogP contribution in [0.4, 0.5) is 4.79 Å². The van der Waals surface area contributed by atoms with Crippen LogP contribution in [0.25, 0.3) is 21.7 Å². The van der Waals surface area contributed by atoms with Gasteiger partial charge in [-0.25, -0.2) is 4.79 Å². The number of benzene rings is 3. The van der Waals surface area contributed by atoms with Gasteiger partial charge in [0.1, 0.15) is 11.5 Å². The second kappa shape index (κ2) is 9.44. The van der Waals surface area contributed by atoms with Crippen LogP contribution in [-0.2, 0) is 11.3 Å². The minimum absolute atomic E-state index is 0.0327. The highest BCUT2D eigenvalue weighted by Crippen LogP contribution is 2.26. The van der Waals surface area contributed by atoms with Crippen LogP contribution < -0.4 is 16.4 Å². The van der Waals surface area contributed by atoms with Crippen molar-refractivity contribution in [2.75, 3.05) is 20.2 Å². The van der Waals surface area contributed by atoms with Crippen LogP contribution in [0.5, 0.6) is 0 Å². The van der Waals surface area contributed by atoms with Gasteiger partial charge in [-0.1, -0.05) is 54.6 Å². The molecule has 0 aliphatic rings. The van der Waals surface area contributed by atoms with Crippen molar-refractivity contribution in [1.29, 1.82) is 5.41 Å². The molecular weight excluding hydrogens is 418 g/mol. The molecule has 33 heavy (non-hydrogen) atoms. The number of nitrogen functional groups attached to an aromatic ring is 1. The Morgan fingerprint density at radius 3 is 2.52 bits per heavy atom. The zero-order chi connectivity index (χ0) is 23.4. The quantitative estimate of drug-likeness (QED) is 0.199. The highest BCUT2D eigenvalue weighted by atomic mass is 16.5. The van der Waals surface area contributed by atoms with Crippen molar-refractivity contribution in [3.05, 3.63) is 83.6 Å². The summed E-state index contributed by atoms with van der Waals surface area (Å²) in [7, 11) is 1.29. The molecule has 0 aliphatic heterocycles. The summed E-state index contributed by atoms with van der Waals surface area (Å²) in [6.45, 7) is 0.967. The third-order valence-electron chi connectivity index (χ3n) is 5.52. The van der Waals surface area contributed by atoms with Gasteiger partial charge < -0.3 is 25.7 Å². The van der Waals surface area contributed by atoms with Crippen molar-refractivity contribution >= 4 is 39.5 Å². The number of nitrogens with one attached hydrogen (secondary N) is 3. The van der Waals surface area contributed by atoms with Gasteiger partial charge >= 0.3 is 6.09 Å². The minimum atomic E-state index is -0.550. The smallest absolute Gasteiger partial charge is 0.406 e. The van der Waals surface area contributed by atoms with Crippen LogP contribution in [0, 0.1) is 5.41 Å². The number of carbonyl (C=O) groups excluding carboxylic acids is 2. The number of hydrogen-bond donors (Lipinski definition) is 4. The summed E-state index contributed by atoms with van der Waals surface area (Å²) in [5.41, 5.74) is 8.67. The molecule has 2 amide bonds. The third-order valence-corrected chi connectivity index (χ3v) is 5.52. The second-order valence-corrected chi connectivity index (χ2v) is 7.62. The summed E-state index contributed by atoms with van der Waals surface area (Å²) < 4.78 is 6.48. The van der Waals surface area contributed by atoms with Gasteiger partial charge in [0.05, 0.1) is 7.11 Å². The number of amides is 2. The number of nitrogens with zero attached hydrogens (tertiary/aromatic N) is 1. The van der Waals surface area contributed by atoms with E-state index in [-0.39, 0.29) is 24.8 Å². The van der Waals surface area contributed by atoms with Gasteiger partial charge in [-0.3, -0.25) is 10.2 Å². The van der Waals surface area contributed by atoms with E-state index in [1.807, 2.05) is 47.0 Å². The predicted molar refractivity (Wildman–Crippen MR) is 129 cm³/mol. The lowest BCUT2D eigenvalue weighted by molar-refractivity contribution is 0.0944. The molecule has 168 valence electrons. The normalized spacial score (nSPS) is 10.8. The third kappa shape index (κ3) is 4.64. The Morgan fingerprint density at radius 2 is 1.73 bits per heavy atom. The van der Waals surface area contributed by atoms with E-state index in [0.29, 0.717) is 17.8 Å². The number of hydrogen-bond acceptors (Lipinski definition) is 4. The van der Waals surface area contributed by atoms with Gasteiger partial charge in [-0.2, -0.15) is 0 Å². The Bertz CT molecular complexity index is 1350. The Balaban J connectivity index is 1.72. The molecule has 0 radical (unpaired) electrons. The molecule has 0 saturated heterocycles. The number of ether oxygens (including phenoxy) is 1. The first-order valence-electron chi connectivity index (χ1n) is 10.5. The van der Waals surface area contributed by atoms with E-state index in [9.17, 15) is 9.59 Å². The maximum atomic E-state index is 13.1. The van der Waals surface area contributed by atoms with E-state index in [0.717, 1.165) is 27.2 Å². The summed E-state index contributed by atoms with van der Waals surface area (Å²) in [5, 5.41) is 16.3. The van der Waals surface area contributed by atoms with Gasteiger partial charge in [-0.05, 0) is 28.5 Å². The van der Waals surface area contributed by atoms with Crippen LogP contribution in [0.2, 0.25) is 0 Å². The fraction of sp³-hybridized carbons (Fsp3) is 0.160. The fourth-order valence-corrected chi connectivity index (χ4v) is 3.88. The molecule has 0 unspecified atom stereocenters. The standard InChI is InChI=1S/C25H25N5O3/c1-33-25(32)29-12-11-28-24(31)22-13-17-9-10-18(23(26)27)14-21(17)30(22)15-19-7-4-6-16-5-2-3-8-20(16)19/h2-10,13-14H,11-12,15H2,1H3,(H3,26,27)(H,28,31)(H,29,32). The zero-order valence-corrected chi connectivity index (χ0v) is 18.2. The summed E-state index contributed by atoms with van der Waals surface area (Å²) in [4.78, 5) is 24.3. The molecular formula is C25H25N5O3. The molecule has 0 saturated carbocycles. The molecule has 0 atom stereocenters. The Kier molecular flexibility index (Phi) is 6.26. The van der Waals surface area contributed by atoms with Crippen LogP contribution >= 0.6 is 0 Å². The lowest BCUT2D eigenvalue weighted by Gasteiger charge is -2.14. The van der Waals surface area contributed by atoms with Crippen molar-refractivity contribution in [2.45, 2.75) is 6.54 Å². The monoisotopic (exact) mass is 443 g/mol. The van der Waals surface area contributed by atoms with Crippen molar-refractivity contribution in [1.82, 2.24) is 15.2 Å². The number of fused-ring (bicyclic) bond motifs is 2. The van der Waals surface area contributed by atoms with E-state index in [1.54, 1.807) is 6.07 Å². The maximum Gasteiger partial charge on any atom is 0.406 e. The van der Waals surface area contributed by atoms with Gasteiger partial charge in [0.2, 0.25) is 0 Å². The number of carbonyl (C=O) groups is 2. The van der Waals surface area contributed by atoms with E-state index >= 15 is 0 Å². The van der Waals surface area contributed by atoms with Crippen molar-refractivity contribution < 1.29 is 14.3 Å². The lowest BCUT2D eigenvalue weighted by atomic mass is 10.0. The number of nitrogens with two attached hydrogens (primary N) is 1. The summed E-state index contributed by atoms with van der Waals surface area (Å²) in [6.07, 6.45) is -0.550. The Hall–Kier alpha value is -4.33. The van der Waals surface area contributed by atoms with Gasteiger partial charge in [0, 0.05) is 36.1 Å². The molecule has 8 heteroatoms. The van der Waals surface area contributed by atoms with E-state index in [1.165, 1.54) is 7.11 Å². The predicted octanol–water partition coefficient (Wildman–Crippen LogP) is 3.21. The lowest BCUT2D eigenvalue weighted by Crippen LogP contribution is -2.35. The number of amidine groups is 1. The summed E-state index contributed by atoms with van der Waals surface area (Å²) in [6, 6.07) is 21.5. The molecule has 0 fully saturated rings. The number of methoxy groups -OCH3 is 1. The van der Waals surface area contributed by atoms with Crippen molar-refractivity contribution in [3.63, 3.8) is 0 Å². The second-order valence-electron chi connectivity index (χ2n) is 7.62. The molecule has 4 rings (SSSR count). The van der Waals surface area contributed by atoms with Gasteiger partial charge in [0.25, 0.3) is 5.91 Å². The maximum absolute atomic E-state index is 13.1. The molecule has 1 aromatic heterocycles. The van der Waals surface area contributed by atoms with Gasteiger partial charge in [-0.15, -0.1) is 0 Å². The first kappa shape index (κ1) is 21.9. The van der Waals surface area contributed by atoms with E-state index < -0.39 is 6.09 Å². The molecule has 8 nitrogen and oxygen atoms in total. The van der Waals surface area contributed by atoms with E-state index in [2.05, 4.69) is 33.6 Å². The first-order valence-corrected chi connectivity index (χ1v) is 10.5. The minimum Gasteiger partial charge on any atom is -0.453 e. The molecule has 5 N–H and O–H groups in total. The average molecular weight is 444 g/mol. The summed E-state index contributed by atoms with van der Waals surface area (Å²) in [5.74, 6) is -0.294. The van der Waals surface area contributed by atoms with Crippen molar-refractivity contribution in [2.24, 2.45) is 5.73 Å². The largest absolute Gasteiger partial charge is 0.453 e. The van der Waals surface area contributed by atoms with E-state index in [4.69, 9.17) is 11.1 Å². The fourth-order valence-electron chi connectivity index (χ4n) is 3.88. The van der Waals surface area contributed by atoms with Crippen LogP contribution in [0.1, 0.15) is 21.6 Å². The molecule has 0 bridgehead atoms. The average Bonchev–Trinajstić information content (AvgIpc) is 3.19. The molecule has 0 aliphatic carbocycles. The SMILES string of the molecule is COC(=O)NCCNC(=O)c1cc2ccc(C(=N)N)cc2n1Cc1cccc2ccccc12. The number of aromatic nitrogens is 1. The van der Waals surface area contributed by atoms with Crippen LogP contribution in [0.3, 0.4) is 0 Å². The molecule has 1 heterocycles. The molecule has 3 aromatic carbocycles. The van der Waals surface area contributed by atoms with Gasteiger partial charge in [0.15, 0.2) is 0 Å². The number of alkyl carbamates (subject to hydrolysis) is 1. The first-order chi connectivity index (χ1) is 16.0. The van der Waals surface area contributed by atoms with Crippen molar-refractivity contribution in [3.8, 4) is 0 Å². The molecule has 4 aromatic rings. The van der Waals surface area contributed by atoms with Crippen LogP contribution in [0.15, 0.2) is 66.7 Å². The molecule has 0 spiro atoms. The highest BCUT2D eigenvalue weighted by Gasteiger charge is 2.17. The Morgan fingerprint density at radius 1 is 0.970 bits per heavy atom.